The van der Waals surface area contributed by atoms with Gasteiger partial charge in [-0.1, -0.05) is 0 Å². The average molecular weight is 433 g/mol. The molecule has 1 aromatic carbocycles. The van der Waals surface area contributed by atoms with E-state index >= 15 is 0 Å². The number of rotatable bonds is 3. The van der Waals surface area contributed by atoms with Gasteiger partial charge in [0, 0.05) is 17.1 Å². The Labute approximate surface area is 181 Å². The molecule has 9 heteroatoms. The van der Waals surface area contributed by atoms with E-state index in [2.05, 4.69) is 10.1 Å². The lowest BCUT2D eigenvalue weighted by Crippen LogP contribution is -2.35. The Hall–Kier alpha value is -3.72. The molecule has 0 unspecified atom stereocenters. The van der Waals surface area contributed by atoms with E-state index in [1.54, 1.807) is 30.3 Å². The molecule has 0 spiro atoms. The third-order valence-corrected chi connectivity index (χ3v) is 5.96. The number of thioether (sulfide) groups is 1. The number of aryl methyl sites for hydroxylation is 1. The molecule has 4 heterocycles. The van der Waals surface area contributed by atoms with Gasteiger partial charge in [0.05, 0.1) is 11.8 Å². The number of nitrogens with zero attached hydrogens (tertiary/aromatic N) is 4. The van der Waals surface area contributed by atoms with Gasteiger partial charge in [-0.3, -0.25) is 10.2 Å². The second kappa shape index (κ2) is 7.21. The van der Waals surface area contributed by atoms with E-state index in [1.165, 1.54) is 35.2 Å². The summed E-state index contributed by atoms with van der Waals surface area (Å²) < 4.78 is 20.6. The predicted molar refractivity (Wildman–Crippen MR) is 118 cm³/mol. The number of halogens is 1. The number of carbonyl (C=O) groups is 1. The molecular weight excluding hydrogens is 417 g/mol. The molecule has 0 bridgehead atoms. The first-order valence-electron chi connectivity index (χ1n) is 9.41. The van der Waals surface area contributed by atoms with Crippen LogP contribution >= 0.6 is 11.8 Å². The molecule has 7 nitrogen and oxygen atoms in total. The van der Waals surface area contributed by atoms with Gasteiger partial charge >= 0.3 is 0 Å². The number of amidine groups is 2. The number of benzene rings is 1. The minimum atomic E-state index is -0.494. The van der Waals surface area contributed by atoms with Crippen LogP contribution in [0, 0.1) is 25.1 Å². The third-order valence-electron chi connectivity index (χ3n) is 5.04. The van der Waals surface area contributed by atoms with Crippen molar-refractivity contribution in [1.29, 1.82) is 5.41 Å². The number of amides is 1. The van der Waals surface area contributed by atoms with Gasteiger partial charge in [-0.05, 0) is 79.7 Å². The highest BCUT2D eigenvalue weighted by atomic mass is 32.2. The molecule has 0 radical (unpaired) electrons. The predicted octanol–water partition coefficient (Wildman–Crippen LogP) is 4.49. The molecular formula is C22H16FN5O2S. The summed E-state index contributed by atoms with van der Waals surface area (Å²) in [5.41, 5.74) is 3.52. The zero-order chi connectivity index (χ0) is 21.7. The number of aromatic nitrogens is 1. The first kappa shape index (κ1) is 19.3. The summed E-state index contributed by atoms with van der Waals surface area (Å²) in [7, 11) is 0. The van der Waals surface area contributed by atoms with E-state index in [0.29, 0.717) is 16.0 Å². The maximum atomic E-state index is 13.3. The van der Waals surface area contributed by atoms with E-state index in [9.17, 15) is 9.18 Å². The SMILES string of the molecule is Cc1cc(/C=C2\C(=N)N3N=C(c4ccco4)SC3=NC2=O)c(C)n1-c1ccc(F)cc1. The fourth-order valence-electron chi connectivity index (χ4n) is 3.57. The van der Waals surface area contributed by atoms with Crippen LogP contribution in [0.25, 0.3) is 11.8 Å². The fraction of sp³-hybridized carbons (Fsp3) is 0.0909. The van der Waals surface area contributed by atoms with Crippen LogP contribution in [0.5, 0.6) is 0 Å². The van der Waals surface area contributed by atoms with Gasteiger partial charge in [-0.2, -0.15) is 15.1 Å². The third kappa shape index (κ3) is 3.23. The van der Waals surface area contributed by atoms with Gasteiger partial charge in [0.15, 0.2) is 16.6 Å². The lowest BCUT2D eigenvalue weighted by molar-refractivity contribution is -0.114. The van der Waals surface area contributed by atoms with Gasteiger partial charge in [-0.25, -0.2) is 4.39 Å². The molecule has 0 fully saturated rings. The standard InChI is InChI=1S/C22H16FN5O2S/c1-12-10-14(13(2)27(12)16-7-5-15(23)6-8-16)11-17-19(24)28-22(25-20(17)29)31-21(26-28)18-4-3-9-30-18/h3-11,24H,1-2H3/b17-11+,24-19?. The van der Waals surface area contributed by atoms with Crippen LogP contribution in [0.3, 0.4) is 0 Å². The van der Waals surface area contributed by atoms with Gasteiger partial charge in [0.1, 0.15) is 5.82 Å². The maximum Gasteiger partial charge on any atom is 0.283 e. The highest BCUT2D eigenvalue weighted by molar-refractivity contribution is 8.27. The van der Waals surface area contributed by atoms with Crippen molar-refractivity contribution in [2.24, 2.45) is 10.1 Å². The first-order valence-corrected chi connectivity index (χ1v) is 10.2. The van der Waals surface area contributed by atoms with Gasteiger partial charge in [-0.15, -0.1) is 0 Å². The number of furan rings is 1. The van der Waals surface area contributed by atoms with Crippen molar-refractivity contribution < 1.29 is 13.6 Å². The molecule has 3 aromatic rings. The van der Waals surface area contributed by atoms with Crippen molar-refractivity contribution in [2.75, 3.05) is 0 Å². The average Bonchev–Trinajstić information content (AvgIpc) is 3.46. The maximum absolute atomic E-state index is 13.3. The highest BCUT2D eigenvalue weighted by Gasteiger charge is 2.36. The van der Waals surface area contributed by atoms with Crippen molar-refractivity contribution in [3.63, 3.8) is 0 Å². The van der Waals surface area contributed by atoms with Crippen LogP contribution in [0.15, 0.2) is 68.8 Å². The van der Waals surface area contributed by atoms with E-state index in [4.69, 9.17) is 9.83 Å². The molecule has 0 atom stereocenters. The number of nitrogens with one attached hydrogen (secondary N) is 1. The van der Waals surface area contributed by atoms with E-state index in [-0.39, 0.29) is 17.2 Å². The van der Waals surface area contributed by atoms with Gasteiger partial charge in [0.2, 0.25) is 5.17 Å². The number of hydrazone groups is 1. The van der Waals surface area contributed by atoms with Crippen molar-refractivity contribution in [3.05, 3.63) is 82.8 Å². The summed E-state index contributed by atoms with van der Waals surface area (Å²) in [5.74, 6) is -0.293. The normalized spacial score (nSPS) is 17.3. The van der Waals surface area contributed by atoms with Crippen LogP contribution in [-0.4, -0.2) is 31.5 Å². The summed E-state index contributed by atoms with van der Waals surface area (Å²) in [4.78, 5) is 16.8. The monoisotopic (exact) mass is 433 g/mol. The minimum absolute atomic E-state index is 0.0457. The molecule has 1 N–H and O–H groups in total. The molecule has 1 amide bonds. The van der Waals surface area contributed by atoms with E-state index < -0.39 is 5.91 Å². The Kier molecular flexibility index (Phi) is 4.48. The van der Waals surface area contributed by atoms with Crippen LogP contribution in [0.2, 0.25) is 0 Å². The van der Waals surface area contributed by atoms with Crippen LogP contribution in [-0.2, 0) is 4.79 Å². The lowest BCUT2D eigenvalue weighted by Gasteiger charge is -2.20. The Morgan fingerprint density at radius 2 is 1.97 bits per heavy atom. The molecule has 0 saturated carbocycles. The highest BCUT2D eigenvalue weighted by Crippen LogP contribution is 2.32. The molecule has 2 aromatic heterocycles. The number of hydrogen-bond donors (Lipinski definition) is 1. The summed E-state index contributed by atoms with van der Waals surface area (Å²) in [5, 5.41) is 15.1. The second-order valence-electron chi connectivity index (χ2n) is 7.04. The summed E-state index contributed by atoms with van der Waals surface area (Å²) in [6.07, 6.45) is 3.19. The van der Waals surface area contributed by atoms with Crippen molar-refractivity contribution in [1.82, 2.24) is 9.58 Å². The topological polar surface area (TPSA) is 87.0 Å². The fourth-order valence-corrected chi connectivity index (χ4v) is 4.43. The van der Waals surface area contributed by atoms with Gasteiger partial charge in [0.25, 0.3) is 5.91 Å². The van der Waals surface area contributed by atoms with Crippen molar-refractivity contribution in [3.8, 4) is 5.69 Å². The molecule has 31 heavy (non-hydrogen) atoms. The number of hydrogen-bond acceptors (Lipinski definition) is 5. The largest absolute Gasteiger partial charge is 0.462 e. The number of fused-ring (bicyclic) bond motifs is 1. The molecule has 5 rings (SSSR count). The van der Waals surface area contributed by atoms with Crippen LogP contribution in [0.1, 0.15) is 22.7 Å². The van der Waals surface area contributed by atoms with Crippen LogP contribution in [0.4, 0.5) is 4.39 Å². The summed E-state index contributed by atoms with van der Waals surface area (Å²) >= 11 is 1.18. The quantitative estimate of drug-likeness (QED) is 0.617. The molecule has 0 aliphatic carbocycles. The molecule has 154 valence electrons. The zero-order valence-corrected chi connectivity index (χ0v) is 17.4. The first-order chi connectivity index (χ1) is 14.9. The van der Waals surface area contributed by atoms with Crippen molar-refractivity contribution >= 4 is 39.8 Å². The molecule has 0 saturated heterocycles. The van der Waals surface area contributed by atoms with E-state index in [0.717, 1.165) is 22.6 Å². The minimum Gasteiger partial charge on any atom is -0.462 e. The summed E-state index contributed by atoms with van der Waals surface area (Å²) in [6.45, 7) is 3.84. The Balaban J connectivity index is 1.52. The Bertz CT molecular complexity index is 1320. The lowest BCUT2D eigenvalue weighted by atomic mass is 10.1. The smallest absolute Gasteiger partial charge is 0.283 e. The van der Waals surface area contributed by atoms with Gasteiger partial charge < -0.3 is 8.98 Å². The Morgan fingerprint density at radius 3 is 2.68 bits per heavy atom. The molecule has 2 aliphatic heterocycles. The second-order valence-corrected chi connectivity index (χ2v) is 8.00. The zero-order valence-electron chi connectivity index (χ0n) is 16.6. The summed E-state index contributed by atoms with van der Waals surface area (Å²) in [6, 6.07) is 11.6. The van der Waals surface area contributed by atoms with Crippen LogP contribution < -0.4 is 0 Å². The number of aliphatic imine (C=N–C) groups is 1. The van der Waals surface area contributed by atoms with Crippen molar-refractivity contribution in [2.45, 2.75) is 13.8 Å². The number of carbonyl (C=O) groups excluding carboxylic acids is 1. The Morgan fingerprint density at radius 1 is 1.19 bits per heavy atom. The molecule has 2 aliphatic rings. The van der Waals surface area contributed by atoms with E-state index in [1.807, 2.05) is 24.5 Å².